The first-order valence-corrected chi connectivity index (χ1v) is 7.98. The first kappa shape index (κ1) is 17.6. The molecule has 126 valence electrons. The van der Waals surface area contributed by atoms with Crippen molar-refractivity contribution in [3.63, 3.8) is 0 Å². The lowest BCUT2D eigenvalue weighted by Crippen LogP contribution is -2.01. The highest BCUT2D eigenvalue weighted by Crippen LogP contribution is 2.35. The van der Waals surface area contributed by atoms with Crippen LogP contribution in [-0.4, -0.2) is 17.5 Å². The average Bonchev–Trinajstić information content (AvgIpc) is 2.56. The van der Waals surface area contributed by atoms with Gasteiger partial charge >= 0.3 is 0 Å². The standard InChI is InChI=1S/C20H23NO3/c1-4-11-24-20-14(3)12-13(2)19(23)17(20)9-10-18(22)15-5-7-16(21)8-6-15/h5-10,12,23H,4,11,21H2,1-3H3. The second kappa shape index (κ2) is 7.68. The van der Waals surface area contributed by atoms with Gasteiger partial charge in [-0.1, -0.05) is 6.92 Å². The topological polar surface area (TPSA) is 72.5 Å². The smallest absolute Gasteiger partial charge is 0.185 e. The van der Waals surface area contributed by atoms with E-state index >= 15 is 0 Å². The number of carbonyl (C=O) groups is 1. The molecule has 0 aliphatic rings. The fourth-order valence-electron chi connectivity index (χ4n) is 2.44. The molecule has 4 nitrogen and oxygen atoms in total. The highest BCUT2D eigenvalue weighted by atomic mass is 16.5. The molecule has 0 bridgehead atoms. The summed E-state index contributed by atoms with van der Waals surface area (Å²) in [4.78, 5) is 12.3. The van der Waals surface area contributed by atoms with E-state index in [-0.39, 0.29) is 11.5 Å². The quantitative estimate of drug-likeness (QED) is 0.472. The van der Waals surface area contributed by atoms with Gasteiger partial charge in [0.2, 0.25) is 0 Å². The van der Waals surface area contributed by atoms with E-state index in [1.807, 2.05) is 26.8 Å². The van der Waals surface area contributed by atoms with Crippen molar-refractivity contribution in [2.75, 3.05) is 12.3 Å². The van der Waals surface area contributed by atoms with Crippen LogP contribution in [0.25, 0.3) is 6.08 Å². The van der Waals surface area contributed by atoms with E-state index in [9.17, 15) is 9.90 Å². The summed E-state index contributed by atoms with van der Waals surface area (Å²) in [6, 6.07) is 8.60. The van der Waals surface area contributed by atoms with Crippen molar-refractivity contribution in [2.45, 2.75) is 27.2 Å². The number of hydrogen-bond acceptors (Lipinski definition) is 4. The van der Waals surface area contributed by atoms with Crippen molar-refractivity contribution in [3.05, 3.63) is 58.7 Å². The van der Waals surface area contributed by atoms with Crippen LogP contribution in [0.1, 0.15) is 40.4 Å². The fraction of sp³-hybridized carbons (Fsp3) is 0.250. The number of phenolic OH excluding ortho intramolecular Hbond substituents is 1. The summed E-state index contributed by atoms with van der Waals surface area (Å²) in [5, 5.41) is 10.4. The lowest BCUT2D eigenvalue weighted by Gasteiger charge is -2.15. The van der Waals surface area contributed by atoms with Gasteiger partial charge in [-0.15, -0.1) is 0 Å². The summed E-state index contributed by atoms with van der Waals surface area (Å²) < 4.78 is 5.77. The molecular formula is C20H23NO3. The molecule has 3 N–H and O–H groups in total. The predicted octanol–water partition coefficient (Wildman–Crippen LogP) is 4.28. The molecule has 0 fully saturated rings. The van der Waals surface area contributed by atoms with Crippen molar-refractivity contribution in [3.8, 4) is 11.5 Å². The molecule has 0 saturated heterocycles. The van der Waals surface area contributed by atoms with Crippen LogP contribution in [0.2, 0.25) is 0 Å². The Balaban J connectivity index is 2.36. The molecule has 0 radical (unpaired) electrons. The summed E-state index contributed by atoms with van der Waals surface area (Å²) >= 11 is 0. The Hall–Kier alpha value is -2.75. The number of hydrogen-bond donors (Lipinski definition) is 2. The maximum atomic E-state index is 12.3. The molecule has 0 aliphatic carbocycles. The first-order chi connectivity index (χ1) is 11.4. The molecule has 2 rings (SSSR count). The van der Waals surface area contributed by atoms with E-state index < -0.39 is 0 Å². The first-order valence-electron chi connectivity index (χ1n) is 7.98. The molecule has 4 heteroatoms. The van der Waals surface area contributed by atoms with E-state index in [1.165, 1.54) is 6.08 Å². The maximum Gasteiger partial charge on any atom is 0.185 e. The third-order valence-electron chi connectivity index (χ3n) is 3.71. The van der Waals surface area contributed by atoms with Crippen molar-refractivity contribution < 1.29 is 14.6 Å². The number of aryl methyl sites for hydroxylation is 2. The third kappa shape index (κ3) is 3.96. The Morgan fingerprint density at radius 3 is 2.50 bits per heavy atom. The van der Waals surface area contributed by atoms with Crippen LogP contribution in [0.15, 0.2) is 36.4 Å². The highest BCUT2D eigenvalue weighted by Gasteiger charge is 2.13. The summed E-state index contributed by atoms with van der Waals surface area (Å²) in [6.45, 7) is 6.32. The van der Waals surface area contributed by atoms with Crippen molar-refractivity contribution in [1.29, 1.82) is 0 Å². The van der Waals surface area contributed by atoms with Gasteiger partial charge in [0, 0.05) is 11.3 Å². The summed E-state index contributed by atoms with van der Waals surface area (Å²) in [6.07, 6.45) is 3.92. The molecular weight excluding hydrogens is 302 g/mol. The van der Waals surface area contributed by atoms with E-state index in [2.05, 4.69) is 0 Å². The fourth-order valence-corrected chi connectivity index (χ4v) is 2.44. The Bertz CT molecular complexity index is 761. The number of anilines is 1. The lowest BCUT2D eigenvalue weighted by molar-refractivity contribution is 0.104. The van der Waals surface area contributed by atoms with Crippen LogP contribution in [0.3, 0.4) is 0 Å². The lowest BCUT2D eigenvalue weighted by atomic mass is 10.0. The number of aromatic hydroxyl groups is 1. The number of ether oxygens (including phenoxy) is 1. The number of benzene rings is 2. The number of phenols is 1. The Kier molecular flexibility index (Phi) is 5.64. The summed E-state index contributed by atoms with van der Waals surface area (Å²) in [5.41, 5.74) is 8.99. The van der Waals surface area contributed by atoms with Gasteiger partial charge in [0.1, 0.15) is 11.5 Å². The molecule has 2 aromatic carbocycles. The molecule has 0 saturated carbocycles. The van der Waals surface area contributed by atoms with E-state index in [1.54, 1.807) is 30.3 Å². The number of allylic oxidation sites excluding steroid dienone is 1. The SMILES string of the molecule is CCCOc1c(C)cc(C)c(O)c1C=CC(=O)c1ccc(N)cc1. The maximum absolute atomic E-state index is 12.3. The molecule has 0 aromatic heterocycles. The second-order valence-electron chi connectivity index (χ2n) is 5.77. The minimum Gasteiger partial charge on any atom is -0.507 e. The largest absolute Gasteiger partial charge is 0.507 e. The van der Waals surface area contributed by atoms with Crippen LogP contribution in [0.5, 0.6) is 11.5 Å². The van der Waals surface area contributed by atoms with Gasteiger partial charge < -0.3 is 15.6 Å². The number of nitrogens with two attached hydrogens (primary N) is 1. The second-order valence-corrected chi connectivity index (χ2v) is 5.77. The minimum atomic E-state index is -0.157. The van der Waals surface area contributed by atoms with Gasteiger partial charge in [0.05, 0.1) is 12.2 Å². The number of rotatable bonds is 6. The molecule has 2 aromatic rings. The number of nitrogen functional groups attached to an aromatic ring is 1. The molecule has 0 spiro atoms. The van der Waals surface area contributed by atoms with Crippen molar-refractivity contribution in [1.82, 2.24) is 0 Å². The molecule has 0 aliphatic heterocycles. The highest BCUT2D eigenvalue weighted by molar-refractivity contribution is 6.07. The normalized spacial score (nSPS) is 11.0. The van der Waals surface area contributed by atoms with Gasteiger partial charge in [-0.2, -0.15) is 0 Å². The van der Waals surface area contributed by atoms with Crippen LogP contribution >= 0.6 is 0 Å². The van der Waals surface area contributed by atoms with Gasteiger partial charge in [-0.05, 0) is 73.9 Å². The van der Waals surface area contributed by atoms with Gasteiger partial charge in [-0.3, -0.25) is 4.79 Å². The predicted molar refractivity (Wildman–Crippen MR) is 97.6 cm³/mol. The average molecular weight is 325 g/mol. The molecule has 24 heavy (non-hydrogen) atoms. The molecule has 0 unspecified atom stereocenters. The minimum absolute atomic E-state index is 0.132. The Morgan fingerprint density at radius 1 is 1.21 bits per heavy atom. The summed E-state index contributed by atoms with van der Waals surface area (Å²) in [7, 11) is 0. The van der Waals surface area contributed by atoms with Crippen LogP contribution < -0.4 is 10.5 Å². The van der Waals surface area contributed by atoms with Crippen LogP contribution in [0, 0.1) is 13.8 Å². The van der Waals surface area contributed by atoms with Crippen molar-refractivity contribution >= 4 is 17.5 Å². The molecule has 0 amide bonds. The van der Waals surface area contributed by atoms with E-state index in [0.717, 1.165) is 17.5 Å². The number of ketones is 1. The van der Waals surface area contributed by atoms with Gasteiger partial charge in [0.15, 0.2) is 5.78 Å². The van der Waals surface area contributed by atoms with E-state index in [0.29, 0.717) is 29.2 Å². The van der Waals surface area contributed by atoms with Crippen LogP contribution in [-0.2, 0) is 0 Å². The van der Waals surface area contributed by atoms with Gasteiger partial charge in [0.25, 0.3) is 0 Å². The summed E-state index contributed by atoms with van der Waals surface area (Å²) in [5.74, 6) is 0.587. The van der Waals surface area contributed by atoms with E-state index in [4.69, 9.17) is 10.5 Å². The monoisotopic (exact) mass is 325 g/mol. The zero-order chi connectivity index (χ0) is 17.7. The zero-order valence-electron chi connectivity index (χ0n) is 14.3. The molecule has 0 heterocycles. The Morgan fingerprint density at radius 2 is 1.88 bits per heavy atom. The van der Waals surface area contributed by atoms with Crippen LogP contribution in [0.4, 0.5) is 5.69 Å². The Labute approximate surface area is 142 Å². The third-order valence-corrected chi connectivity index (χ3v) is 3.71. The van der Waals surface area contributed by atoms with Crippen molar-refractivity contribution in [2.24, 2.45) is 0 Å². The number of carbonyl (C=O) groups excluding carboxylic acids is 1. The zero-order valence-corrected chi connectivity index (χ0v) is 14.3. The molecule has 0 atom stereocenters. The van der Waals surface area contributed by atoms with Gasteiger partial charge in [-0.25, -0.2) is 0 Å².